The third kappa shape index (κ3) is 5.57. The molecule has 1 aliphatic heterocycles. The van der Waals surface area contributed by atoms with Gasteiger partial charge in [0, 0.05) is 12.4 Å². The fraction of sp³-hybridized carbons (Fsp3) is 0.238. The zero-order chi connectivity index (χ0) is 20.5. The molecule has 3 N–H and O–H groups in total. The molecular formula is C21H23FN2O4. The molecule has 0 radical (unpaired) electrons. The molecule has 0 spiro atoms. The van der Waals surface area contributed by atoms with Gasteiger partial charge in [-0.25, -0.2) is 4.39 Å². The monoisotopic (exact) mass is 386 g/mol. The fourth-order valence-electron chi connectivity index (χ4n) is 2.63. The largest absolute Gasteiger partial charge is 0.494 e. The highest BCUT2D eigenvalue weighted by Gasteiger charge is 2.17. The van der Waals surface area contributed by atoms with E-state index in [4.69, 9.17) is 14.9 Å². The van der Waals surface area contributed by atoms with Gasteiger partial charge in [0.1, 0.15) is 30.1 Å². The lowest BCUT2D eigenvalue weighted by atomic mass is 10.1. The minimum absolute atomic E-state index is 0.0121. The van der Waals surface area contributed by atoms with E-state index in [-0.39, 0.29) is 5.76 Å². The van der Waals surface area contributed by atoms with Gasteiger partial charge < -0.3 is 25.0 Å². The molecule has 1 aromatic heterocycles. The van der Waals surface area contributed by atoms with E-state index >= 15 is 0 Å². The fourth-order valence-corrected chi connectivity index (χ4v) is 2.63. The highest BCUT2D eigenvalue weighted by molar-refractivity contribution is 6.05. The molecule has 7 heteroatoms. The second-order valence-electron chi connectivity index (χ2n) is 6.05. The number of nitrogens with two attached hydrogens (primary N) is 1. The van der Waals surface area contributed by atoms with Crippen molar-refractivity contribution in [3.63, 3.8) is 0 Å². The molecule has 28 heavy (non-hydrogen) atoms. The minimum Gasteiger partial charge on any atom is -0.494 e. The molecule has 0 fully saturated rings. The molecular weight excluding hydrogens is 363 g/mol. The van der Waals surface area contributed by atoms with Gasteiger partial charge in [-0.05, 0) is 36.3 Å². The summed E-state index contributed by atoms with van der Waals surface area (Å²) in [5.74, 6) is 0.0151. The molecule has 2 heterocycles. The zero-order valence-corrected chi connectivity index (χ0v) is 15.8. The van der Waals surface area contributed by atoms with Crippen LogP contribution in [-0.2, 0) is 9.53 Å². The second-order valence-corrected chi connectivity index (χ2v) is 6.05. The molecule has 1 aromatic carbocycles. The molecule has 0 aliphatic carbocycles. The second kappa shape index (κ2) is 10.1. The van der Waals surface area contributed by atoms with Crippen molar-refractivity contribution >= 4 is 28.8 Å². The van der Waals surface area contributed by atoms with Gasteiger partial charge in [-0.2, -0.15) is 0 Å². The number of nitrogens with one attached hydrogen (secondary N) is 1. The van der Waals surface area contributed by atoms with Gasteiger partial charge in [0.15, 0.2) is 0 Å². The van der Waals surface area contributed by atoms with Gasteiger partial charge in [-0.3, -0.25) is 4.79 Å². The summed E-state index contributed by atoms with van der Waals surface area (Å²) >= 11 is 0. The molecule has 0 bridgehead atoms. The van der Waals surface area contributed by atoms with Crippen LogP contribution in [0.15, 0.2) is 58.8 Å². The lowest BCUT2D eigenvalue weighted by Crippen LogP contribution is -2.11. The maximum Gasteiger partial charge on any atom is 0.286 e. The van der Waals surface area contributed by atoms with Crippen molar-refractivity contribution in [2.24, 2.45) is 11.7 Å². The molecule has 0 saturated carbocycles. The number of anilines is 1. The van der Waals surface area contributed by atoms with E-state index in [1.54, 1.807) is 7.05 Å². The normalized spacial score (nSPS) is 20.1. The van der Waals surface area contributed by atoms with E-state index < -0.39 is 11.7 Å². The van der Waals surface area contributed by atoms with Gasteiger partial charge in [0.25, 0.3) is 5.91 Å². The third-order valence-corrected chi connectivity index (χ3v) is 3.88. The van der Waals surface area contributed by atoms with E-state index in [9.17, 15) is 14.0 Å². The van der Waals surface area contributed by atoms with E-state index in [1.165, 1.54) is 18.2 Å². The van der Waals surface area contributed by atoms with E-state index in [0.29, 0.717) is 35.6 Å². The van der Waals surface area contributed by atoms with Crippen LogP contribution >= 0.6 is 0 Å². The SMILES string of the molecule is CC1/C=C\C=C/CO/C(CC=O)=C\1.CNc1c(C(N)=O)oc2ccc(F)cc12. The van der Waals surface area contributed by atoms with Crippen LogP contribution < -0.4 is 11.1 Å². The lowest BCUT2D eigenvalue weighted by Gasteiger charge is -2.06. The number of halogens is 1. The average molecular weight is 386 g/mol. The van der Waals surface area contributed by atoms with Gasteiger partial charge in [0.2, 0.25) is 5.76 Å². The number of hydrogen-bond acceptors (Lipinski definition) is 5. The summed E-state index contributed by atoms with van der Waals surface area (Å²) in [6, 6.07) is 4.01. The van der Waals surface area contributed by atoms with Crippen LogP contribution in [0.5, 0.6) is 0 Å². The Morgan fingerprint density at radius 1 is 1.39 bits per heavy atom. The Bertz CT molecular complexity index is 928. The number of ether oxygens (including phenoxy) is 1. The van der Waals surface area contributed by atoms with Crippen molar-refractivity contribution in [2.75, 3.05) is 19.0 Å². The topological polar surface area (TPSA) is 94.6 Å². The highest BCUT2D eigenvalue weighted by atomic mass is 19.1. The van der Waals surface area contributed by atoms with Gasteiger partial charge in [-0.1, -0.05) is 25.2 Å². The first-order valence-electron chi connectivity index (χ1n) is 8.76. The number of benzene rings is 1. The predicted molar refractivity (Wildman–Crippen MR) is 106 cm³/mol. The molecule has 1 atom stereocenters. The molecule has 6 nitrogen and oxygen atoms in total. The van der Waals surface area contributed by atoms with Crippen molar-refractivity contribution in [1.29, 1.82) is 0 Å². The van der Waals surface area contributed by atoms with Gasteiger partial charge in [0.05, 0.1) is 12.1 Å². The number of hydrogen-bond donors (Lipinski definition) is 2. The summed E-state index contributed by atoms with van der Waals surface area (Å²) in [6.45, 7) is 2.60. The number of rotatable bonds is 4. The summed E-state index contributed by atoms with van der Waals surface area (Å²) in [4.78, 5) is 21.3. The highest BCUT2D eigenvalue weighted by Crippen LogP contribution is 2.30. The Kier molecular flexibility index (Phi) is 7.56. The Labute approximate surface area is 162 Å². The third-order valence-electron chi connectivity index (χ3n) is 3.88. The number of aldehydes is 1. The van der Waals surface area contributed by atoms with E-state index in [1.807, 2.05) is 24.3 Å². The quantitative estimate of drug-likeness (QED) is 0.776. The average Bonchev–Trinajstić information content (AvgIpc) is 3.06. The Balaban J connectivity index is 0.000000203. The predicted octanol–water partition coefficient (Wildman–Crippen LogP) is 3.95. The van der Waals surface area contributed by atoms with Crippen LogP contribution in [0.25, 0.3) is 11.0 Å². The van der Waals surface area contributed by atoms with Crippen molar-refractivity contribution in [3.8, 4) is 0 Å². The Hall–Kier alpha value is -3.35. The first kappa shape index (κ1) is 21.0. The molecule has 148 valence electrons. The van der Waals surface area contributed by atoms with E-state index in [0.717, 1.165) is 12.0 Å². The molecule has 1 aliphatic rings. The summed E-state index contributed by atoms with van der Waals surface area (Å²) in [6.07, 6.45) is 11.1. The summed E-state index contributed by atoms with van der Waals surface area (Å²) in [5, 5.41) is 3.27. The molecule has 2 aromatic rings. The molecule has 1 amide bonds. The molecule has 1 unspecified atom stereocenters. The number of carbonyl (C=O) groups is 2. The summed E-state index contributed by atoms with van der Waals surface area (Å²) in [5.41, 5.74) is 5.97. The number of furan rings is 1. The van der Waals surface area contributed by atoms with Crippen LogP contribution in [0.1, 0.15) is 23.9 Å². The van der Waals surface area contributed by atoms with Crippen molar-refractivity contribution < 1.29 is 23.1 Å². The van der Waals surface area contributed by atoms with Crippen LogP contribution in [0.2, 0.25) is 0 Å². The first-order chi connectivity index (χ1) is 13.5. The van der Waals surface area contributed by atoms with Crippen LogP contribution in [-0.4, -0.2) is 25.8 Å². The maximum absolute atomic E-state index is 13.0. The smallest absolute Gasteiger partial charge is 0.286 e. The van der Waals surface area contributed by atoms with Crippen molar-refractivity contribution in [2.45, 2.75) is 13.3 Å². The number of allylic oxidation sites excluding steroid dienone is 5. The van der Waals surface area contributed by atoms with Gasteiger partial charge in [-0.15, -0.1) is 0 Å². The van der Waals surface area contributed by atoms with Crippen LogP contribution in [0.3, 0.4) is 0 Å². The van der Waals surface area contributed by atoms with Crippen molar-refractivity contribution in [1.82, 2.24) is 0 Å². The zero-order valence-electron chi connectivity index (χ0n) is 15.8. The summed E-state index contributed by atoms with van der Waals surface area (Å²) < 4.78 is 23.6. The molecule has 3 rings (SSSR count). The number of amides is 1. The van der Waals surface area contributed by atoms with Gasteiger partial charge >= 0.3 is 0 Å². The number of carbonyl (C=O) groups excluding carboxylic acids is 2. The minimum atomic E-state index is -0.684. The van der Waals surface area contributed by atoms with Crippen LogP contribution in [0, 0.1) is 11.7 Å². The maximum atomic E-state index is 13.0. The number of primary amides is 1. The Morgan fingerprint density at radius 2 is 2.18 bits per heavy atom. The Morgan fingerprint density at radius 3 is 2.86 bits per heavy atom. The van der Waals surface area contributed by atoms with Crippen molar-refractivity contribution in [3.05, 3.63) is 65.9 Å². The standard InChI is InChI=1S/C11H14O2.C10H9FN2O2/c1-10-5-3-2-4-8-13-11(9-10)6-7-12;1-13-8-6-4-5(11)2-3-7(6)15-9(8)10(12)14/h2-5,7,9-10H,6,8H2,1H3;2-4,13H,1H3,(H2,12,14)/b4-2-,5-3-,11-9-;. The molecule has 0 saturated heterocycles. The first-order valence-corrected chi connectivity index (χ1v) is 8.76. The lowest BCUT2D eigenvalue weighted by molar-refractivity contribution is -0.107. The summed E-state index contributed by atoms with van der Waals surface area (Å²) in [7, 11) is 1.61. The van der Waals surface area contributed by atoms with E-state index in [2.05, 4.69) is 18.3 Å². The number of fused-ring (bicyclic) bond motifs is 1. The van der Waals surface area contributed by atoms with Crippen LogP contribution in [0.4, 0.5) is 10.1 Å².